The topological polar surface area (TPSA) is 91.9 Å². The van der Waals surface area contributed by atoms with E-state index in [0.717, 1.165) is 72.4 Å². The van der Waals surface area contributed by atoms with Gasteiger partial charge in [0.2, 0.25) is 5.88 Å². The van der Waals surface area contributed by atoms with Gasteiger partial charge in [-0.3, -0.25) is 0 Å². The Bertz CT molecular complexity index is 1320. The lowest BCUT2D eigenvalue weighted by molar-refractivity contribution is 0.0555. The van der Waals surface area contributed by atoms with Gasteiger partial charge in [0.05, 0.1) is 43.2 Å². The second-order valence-electron chi connectivity index (χ2n) is 8.75. The fraction of sp³-hybridized carbons (Fsp3) is 0.417. The van der Waals surface area contributed by atoms with Gasteiger partial charge < -0.3 is 19.4 Å². The molecule has 176 valence electrons. The van der Waals surface area contributed by atoms with E-state index < -0.39 is 0 Å². The second kappa shape index (κ2) is 8.84. The first-order chi connectivity index (χ1) is 16.7. The number of pyridine rings is 1. The first kappa shape index (κ1) is 21.3. The summed E-state index contributed by atoms with van der Waals surface area (Å²) in [6, 6.07) is 4.22. The number of thiazole rings is 1. The number of imidazole rings is 1. The number of aromatic nitrogens is 6. The van der Waals surface area contributed by atoms with Gasteiger partial charge in [-0.25, -0.2) is 19.6 Å². The third-order valence-electron chi connectivity index (χ3n) is 6.43. The van der Waals surface area contributed by atoms with Gasteiger partial charge in [0.25, 0.3) is 0 Å². The maximum absolute atomic E-state index is 5.74. The van der Waals surface area contributed by atoms with Crippen molar-refractivity contribution in [2.75, 3.05) is 25.6 Å². The van der Waals surface area contributed by atoms with E-state index >= 15 is 0 Å². The van der Waals surface area contributed by atoms with Crippen LogP contribution < -0.4 is 10.1 Å². The number of nitrogens with zero attached hydrogens (tertiary/aromatic N) is 6. The van der Waals surface area contributed by atoms with Crippen molar-refractivity contribution in [1.82, 2.24) is 29.3 Å². The van der Waals surface area contributed by atoms with E-state index in [1.54, 1.807) is 24.8 Å². The number of ether oxygens (including phenoxy) is 2. The van der Waals surface area contributed by atoms with Crippen LogP contribution in [0.5, 0.6) is 5.88 Å². The second-order valence-corrected chi connectivity index (χ2v) is 9.61. The Balaban J connectivity index is 1.28. The number of fused-ring (bicyclic) bond motifs is 1. The molecule has 0 spiro atoms. The molecule has 0 aromatic carbocycles. The molecular formula is C24H27N7O2S. The minimum atomic E-state index is 0.270. The lowest BCUT2D eigenvalue weighted by Crippen LogP contribution is -2.23. The highest BCUT2D eigenvalue weighted by atomic mass is 32.1. The Morgan fingerprint density at radius 2 is 2.12 bits per heavy atom. The Morgan fingerprint density at radius 1 is 1.18 bits per heavy atom. The van der Waals surface area contributed by atoms with Crippen molar-refractivity contribution in [2.24, 2.45) is 0 Å². The standard InChI is InChI=1S/C24H27N7O2S/c1-15-11-30(14-25-15)21-9-8-19(26-23(21)32-2)20-13-34-24(27-20)28-22-17-6-3-7-18(17)29-31(22)16-5-4-10-33-12-16/h8-9,11,13-14,16H,3-7,10,12H2,1-2H3,(H,27,28). The largest absolute Gasteiger partial charge is 0.479 e. The van der Waals surface area contributed by atoms with Gasteiger partial charge >= 0.3 is 0 Å². The molecule has 5 heterocycles. The summed E-state index contributed by atoms with van der Waals surface area (Å²) in [6.07, 6.45) is 9.12. The molecule has 9 nitrogen and oxygen atoms in total. The normalized spacial score (nSPS) is 17.6. The molecular weight excluding hydrogens is 450 g/mol. The van der Waals surface area contributed by atoms with Crippen LogP contribution in [0.3, 0.4) is 0 Å². The summed E-state index contributed by atoms with van der Waals surface area (Å²) in [5, 5.41) is 11.4. The number of rotatable bonds is 6. The molecule has 0 saturated carbocycles. The fourth-order valence-electron chi connectivity index (χ4n) is 4.75. The van der Waals surface area contributed by atoms with Crippen LogP contribution in [-0.4, -0.2) is 49.6 Å². The van der Waals surface area contributed by atoms with Crippen molar-refractivity contribution >= 4 is 22.3 Å². The van der Waals surface area contributed by atoms with Crippen LogP contribution in [0, 0.1) is 6.92 Å². The van der Waals surface area contributed by atoms with Gasteiger partial charge in [0.15, 0.2) is 5.13 Å². The van der Waals surface area contributed by atoms with Gasteiger partial charge in [0.1, 0.15) is 17.2 Å². The molecule has 1 fully saturated rings. The van der Waals surface area contributed by atoms with E-state index in [0.29, 0.717) is 12.5 Å². The molecule has 10 heteroatoms. The van der Waals surface area contributed by atoms with Gasteiger partial charge in [-0.05, 0) is 51.2 Å². The number of anilines is 2. The Morgan fingerprint density at radius 3 is 2.91 bits per heavy atom. The number of aryl methyl sites for hydroxylation is 2. The maximum atomic E-state index is 5.74. The smallest absolute Gasteiger partial charge is 0.238 e. The maximum Gasteiger partial charge on any atom is 0.238 e. The molecule has 1 N–H and O–H groups in total. The van der Waals surface area contributed by atoms with Gasteiger partial charge in [-0.15, -0.1) is 11.3 Å². The predicted octanol–water partition coefficient (Wildman–Crippen LogP) is 4.49. The number of nitrogens with one attached hydrogen (secondary N) is 1. The van der Waals surface area contributed by atoms with E-state index in [1.165, 1.54) is 11.3 Å². The molecule has 6 rings (SSSR count). The minimum Gasteiger partial charge on any atom is -0.479 e. The zero-order valence-corrected chi connectivity index (χ0v) is 20.1. The quantitative estimate of drug-likeness (QED) is 0.437. The van der Waals surface area contributed by atoms with Gasteiger partial charge in [0, 0.05) is 23.7 Å². The van der Waals surface area contributed by atoms with Crippen molar-refractivity contribution in [1.29, 1.82) is 0 Å². The molecule has 1 atom stereocenters. The number of methoxy groups -OCH3 is 1. The third-order valence-corrected chi connectivity index (χ3v) is 7.19. The lowest BCUT2D eigenvalue weighted by Gasteiger charge is -2.24. The third kappa shape index (κ3) is 3.86. The van der Waals surface area contributed by atoms with Crippen LogP contribution in [-0.2, 0) is 17.6 Å². The summed E-state index contributed by atoms with van der Waals surface area (Å²) in [5.74, 6) is 1.60. The molecule has 2 aliphatic rings. The zero-order chi connectivity index (χ0) is 23.1. The molecule has 0 radical (unpaired) electrons. The van der Waals surface area contributed by atoms with E-state index in [4.69, 9.17) is 24.5 Å². The van der Waals surface area contributed by atoms with Gasteiger partial charge in [-0.2, -0.15) is 5.10 Å². The Hall–Kier alpha value is -3.24. The predicted molar refractivity (Wildman–Crippen MR) is 130 cm³/mol. The summed E-state index contributed by atoms with van der Waals surface area (Å²) in [6.45, 7) is 3.51. The highest BCUT2D eigenvalue weighted by Gasteiger charge is 2.28. The highest BCUT2D eigenvalue weighted by Crippen LogP contribution is 2.36. The first-order valence-corrected chi connectivity index (χ1v) is 12.5. The van der Waals surface area contributed by atoms with Crippen LogP contribution in [0.15, 0.2) is 30.0 Å². The van der Waals surface area contributed by atoms with Crippen LogP contribution in [0.25, 0.3) is 17.1 Å². The molecule has 1 saturated heterocycles. The Labute approximate surface area is 201 Å². The lowest BCUT2D eigenvalue weighted by atomic mass is 10.1. The van der Waals surface area contributed by atoms with Crippen molar-refractivity contribution in [3.05, 3.63) is 47.0 Å². The minimum absolute atomic E-state index is 0.270. The summed E-state index contributed by atoms with van der Waals surface area (Å²) in [7, 11) is 1.63. The fourth-order valence-corrected chi connectivity index (χ4v) is 5.45. The first-order valence-electron chi connectivity index (χ1n) is 11.7. The summed E-state index contributed by atoms with van der Waals surface area (Å²) >= 11 is 1.57. The molecule has 1 aliphatic heterocycles. The van der Waals surface area contributed by atoms with Crippen molar-refractivity contribution < 1.29 is 9.47 Å². The van der Waals surface area contributed by atoms with Crippen LogP contribution >= 0.6 is 11.3 Å². The SMILES string of the molecule is COc1nc(-c2csc(Nc3c4c(nn3C3CCCOC3)CCC4)n2)ccc1-n1cnc(C)c1. The van der Waals surface area contributed by atoms with E-state index in [2.05, 4.69) is 15.0 Å². The highest BCUT2D eigenvalue weighted by molar-refractivity contribution is 7.14. The van der Waals surface area contributed by atoms with E-state index in [-0.39, 0.29) is 6.04 Å². The van der Waals surface area contributed by atoms with Gasteiger partial charge in [-0.1, -0.05) is 0 Å². The molecule has 1 unspecified atom stereocenters. The molecule has 34 heavy (non-hydrogen) atoms. The summed E-state index contributed by atoms with van der Waals surface area (Å²) in [4.78, 5) is 13.9. The van der Waals surface area contributed by atoms with Crippen LogP contribution in [0.2, 0.25) is 0 Å². The van der Waals surface area contributed by atoms with Crippen LogP contribution in [0.1, 0.15) is 42.3 Å². The molecule has 4 aromatic rings. The summed E-state index contributed by atoms with van der Waals surface area (Å²) < 4.78 is 15.4. The molecule has 0 bridgehead atoms. The van der Waals surface area contributed by atoms with Crippen molar-refractivity contribution in [3.63, 3.8) is 0 Å². The van der Waals surface area contributed by atoms with Crippen LogP contribution in [0.4, 0.5) is 10.9 Å². The van der Waals surface area contributed by atoms with E-state index in [1.807, 2.05) is 35.2 Å². The van der Waals surface area contributed by atoms with Crippen molar-refractivity contribution in [3.8, 4) is 23.0 Å². The molecule has 4 aromatic heterocycles. The summed E-state index contributed by atoms with van der Waals surface area (Å²) in [5.41, 5.74) is 5.88. The van der Waals surface area contributed by atoms with E-state index in [9.17, 15) is 0 Å². The number of hydrogen-bond acceptors (Lipinski definition) is 8. The number of hydrogen-bond donors (Lipinski definition) is 1. The Kier molecular flexibility index (Phi) is 5.54. The average Bonchev–Trinajstić information content (AvgIpc) is 3.65. The molecule has 1 aliphatic carbocycles. The van der Waals surface area contributed by atoms with Crippen molar-refractivity contribution in [2.45, 2.75) is 45.1 Å². The average molecular weight is 478 g/mol. The monoisotopic (exact) mass is 477 g/mol. The molecule has 0 amide bonds. The zero-order valence-electron chi connectivity index (χ0n) is 19.3.